The summed E-state index contributed by atoms with van der Waals surface area (Å²) in [4.78, 5) is 13.3. The van der Waals surface area contributed by atoms with Gasteiger partial charge in [0.2, 0.25) is 5.91 Å². The molecule has 0 aliphatic carbocycles. The van der Waals surface area contributed by atoms with Crippen LogP contribution in [0.25, 0.3) is 0 Å². The van der Waals surface area contributed by atoms with Crippen molar-refractivity contribution in [2.24, 2.45) is 0 Å². The number of terminal acetylenes is 1. The van der Waals surface area contributed by atoms with E-state index < -0.39 is 6.10 Å². The van der Waals surface area contributed by atoms with Crippen molar-refractivity contribution in [2.45, 2.75) is 19.1 Å². The predicted molar refractivity (Wildman–Crippen MR) is 61.8 cm³/mol. The lowest BCUT2D eigenvalue weighted by Crippen LogP contribution is -2.46. The summed E-state index contributed by atoms with van der Waals surface area (Å²) < 4.78 is 4.81. The Bertz CT molecular complexity index is 250. The van der Waals surface area contributed by atoms with Crippen molar-refractivity contribution in [1.29, 1.82) is 0 Å². The van der Waals surface area contributed by atoms with Gasteiger partial charge in [0, 0.05) is 13.7 Å². The molecule has 92 valence electrons. The van der Waals surface area contributed by atoms with Gasteiger partial charge in [0.05, 0.1) is 25.3 Å². The van der Waals surface area contributed by atoms with Crippen LogP contribution in [-0.2, 0) is 9.53 Å². The molecule has 0 aromatic rings. The molecule has 5 heteroatoms. The van der Waals surface area contributed by atoms with Crippen molar-refractivity contribution in [1.82, 2.24) is 10.2 Å². The maximum absolute atomic E-state index is 11.5. The summed E-state index contributed by atoms with van der Waals surface area (Å²) in [6.45, 7) is 2.60. The van der Waals surface area contributed by atoms with Gasteiger partial charge in [-0.2, -0.15) is 0 Å². The van der Waals surface area contributed by atoms with E-state index in [0.717, 1.165) is 0 Å². The first-order valence-electron chi connectivity index (χ1n) is 5.11. The average Bonchev–Trinajstić information content (AvgIpc) is 2.24. The number of nitrogens with one attached hydrogen (secondary N) is 1. The Hall–Kier alpha value is -1.09. The largest absolute Gasteiger partial charge is 0.389 e. The zero-order chi connectivity index (χ0) is 12.6. The number of nitrogens with zero attached hydrogens (tertiary/aromatic N) is 1. The number of aliphatic hydroxyl groups is 1. The third kappa shape index (κ3) is 5.71. The third-order valence-electron chi connectivity index (χ3n) is 2.26. The maximum Gasteiger partial charge on any atom is 0.237 e. The number of hydrogen-bond acceptors (Lipinski definition) is 4. The van der Waals surface area contributed by atoms with Gasteiger partial charge in [-0.15, -0.1) is 6.42 Å². The summed E-state index contributed by atoms with van der Waals surface area (Å²) in [6, 6.07) is -0.333. The van der Waals surface area contributed by atoms with Crippen LogP contribution in [0.4, 0.5) is 0 Å². The van der Waals surface area contributed by atoms with E-state index in [-0.39, 0.29) is 25.1 Å². The molecule has 1 amide bonds. The molecule has 0 spiro atoms. The Morgan fingerprint density at radius 3 is 2.81 bits per heavy atom. The van der Waals surface area contributed by atoms with Crippen LogP contribution in [0.15, 0.2) is 0 Å². The van der Waals surface area contributed by atoms with E-state index >= 15 is 0 Å². The van der Waals surface area contributed by atoms with E-state index in [1.165, 1.54) is 7.11 Å². The highest BCUT2D eigenvalue weighted by molar-refractivity contribution is 5.81. The zero-order valence-corrected chi connectivity index (χ0v) is 10.1. The average molecular weight is 228 g/mol. The van der Waals surface area contributed by atoms with Crippen LogP contribution in [0.5, 0.6) is 0 Å². The van der Waals surface area contributed by atoms with Gasteiger partial charge in [-0.1, -0.05) is 5.92 Å². The molecule has 0 saturated carbocycles. The van der Waals surface area contributed by atoms with Gasteiger partial charge in [-0.25, -0.2) is 0 Å². The molecule has 16 heavy (non-hydrogen) atoms. The fraction of sp³-hybridized carbons (Fsp3) is 0.727. The van der Waals surface area contributed by atoms with Crippen LogP contribution in [0.1, 0.15) is 6.92 Å². The topological polar surface area (TPSA) is 61.8 Å². The van der Waals surface area contributed by atoms with E-state index in [0.29, 0.717) is 6.54 Å². The third-order valence-corrected chi connectivity index (χ3v) is 2.26. The lowest BCUT2D eigenvalue weighted by atomic mass is 10.2. The van der Waals surface area contributed by atoms with Crippen LogP contribution in [0.3, 0.4) is 0 Å². The first-order chi connectivity index (χ1) is 7.52. The van der Waals surface area contributed by atoms with E-state index in [4.69, 9.17) is 11.2 Å². The molecule has 0 saturated heterocycles. The second kappa shape index (κ2) is 8.11. The van der Waals surface area contributed by atoms with Crippen LogP contribution in [0.2, 0.25) is 0 Å². The highest BCUT2D eigenvalue weighted by Gasteiger charge is 2.19. The van der Waals surface area contributed by atoms with Crippen LogP contribution < -0.4 is 5.32 Å². The van der Waals surface area contributed by atoms with Gasteiger partial charge in [-0.05, 0) is 14.0 Å². The zero-order valence-electron chi connectivity index (χ0n) is 10.1. The molecule has 0 rings (SSSR count). The minimum Gasteiger partial charge on any atom is -0.389 e. The standard InChI is InChI=1S/C11H20N2O3/c1-5-6-12-11(15)9(2)13(3)7-10(14)8-16-4/h1,9-10,14H,6-8H2,2-4H3,(H,12,15). The minimum atomic E-state index is -0.599. The predicted octanol–water partition coefficient (Wildman–Crippen LogP) is -0.937. The Morgan fingerprint density at radius 2 is 2.31 bits per heavy atom. The van der Waals surface area contributed by atoms with Crippen molar-refractivity contribution in [3.05, 3.63) is 0 Å². The van der Waals surface area contributed by atoms with Crippen molar-refractivity contribution in [2.75, 3.05) is 33.9 Å². The number of carbonyl (C=O) groups is 1. The molecule has 2 atom stereocenters. The number of likely N-dealkylation sites (N-methyl/N-ethyl adjacent to an activating group) is 1. The van der Waals surface area contributed by atoms with E-state index in [1.807, 2.05) is 0 Å². The summed E-state index contributed by atoms with van der Waals surface area (Å²) in [5.41, 5.74) is 0. The Balaban J connectivity index is 4.02. The summed E-state index contributed by atoms with van der Waals surface area (Å²) in [5, 5.41) is 12.1. The normalized spacial score (nSPS) is 14.2. The number of methoxy groups -OCH3 is 1. The van der Waals surface area contributed by atoms with Gasteiger partial charge >= 0.3 is 0 Å². The molecule has 5 nitrogen and oxygen atoms in total. The number of amides is 1. The Morgan fingerprint density at radius 1 is 1.69 bits per heavy atom. The minimum absolute atomic E-state index is 0.148. The van der Waals surface area contributed by atoms with Crippen LogP contribution in [-0.4, -0.2) is 61.9 Å². The molecule has 2 N–H and O–H groups in total. The molecule has 0 radical (unpaired) electrons. The highest BCUT2D eigenvalue weighted by Crippen LogP contribution is 1.98. The number of ether oxygens (including phenoxy) is 1. The van der Waals surface area contributed by atoms with Gasteiger partial charge < -0.3 is 15.2 Å². The van der Waals surface area contributed by atoms with E-state index in [9.17, 15) is 9.90 Å². The van der Waals surface area contributed by atoms with Gasteiger partial charge in [0.1, 0.15) is 0 Å². The second-order valence-corrected chi connectivity index (χ2v) is 3.65. The summed E-state index contributed by atoms with van der Waals surface area (Å²) >= 11 is 0. The number of aliphatic hydroxyl groups excluding tert-OH is 1. The number of rotatable bonds is 7. The van der Waals surface area contributed by atoms with E-state index in [2.05, 4.69) is 11.2 Å². The Labute approximate surface area is 96.8 Å². The first kappa shape index (κ1) is 14.9. The van der Waals surface area contributed by atoms with Crippen molar-refractivity contribution < 1.29 is 14.6 Å². The molecular weight excluding hydrogens is 208 g/mol. The summed E-state index contributed by atoms with van der Waals surface area (Å²) in [7, 11) is 3.28. The first-order valence-corrected chi connectivity index (χ1v) is 5.11. The van der Waals surface area contributed by atoms with Crippen molar-refractivity contribution in [3.63, 3.8) is 0 Å². The molecule has 0 aromatic heterocycles. The van der Waals surface area contributed by atoms with Gasteiger partial charge in [0.15, 0.2) is 0 Å². The number of carbonyl (C=O) groups excluding carboxylic acids is 1. The second-order valence-electron chi connectivity index (χ2n) is 3.65. The SMILES string of the molecule is C#CCNC(=O)C(C)N(C)CC(O)COC. The molecule has 0 aliphatic rings. The molecule has 0 aliphatic heterocycles. The van der Waals surface area contributed by atoms with Gasteiger partial charge in [0.25, 0.3) is 0 Å². The van der Waals surface area contributed by atoms with Gasteiger partial charge in [-0.3, -0.25) is 9.69 Å². The van der Waals surface area contributed by atoms with Crippen LogP contribution in [0, 0.1) is 12.3 Å². The van der Waals surface area contributed by atoms with E-state index in [1.54, 1.807) is 18.9 Å². The molecular formula is C11H20N2O3. The fourth-order valence-electron chi connectivity index (χ4n) is 1.22. The molecule has 0 bridgehead atoms. The fourth-order valence-corrected chi connectivity index (χ4v) is 1.22. The number of hydrogen-bond donors (Lipinski definition) is 2. The molecule has 0 fully saturated rings. The summed E-state index contributed by atoms with van der Waals surface area (Å²) in [5.74, 6) is 2.19. The smallest absolute Gasteiger partial charge is 0.237 e. The molecule has 0 aromatic carbocycles. The monoisotopic (exact) mass is 228 g/mol. The van der Waals surface area contributed by atoms with Crippen LogP contribution >= 0.6 is 0 Å². The lowest BCUT2D eigenvalue weighted by molar-refractivity contribution is -0.125. The highest BCUT2D eigenvalue weighted by atomic mass is 16.5. The molecule has 2 unspecified atom stereocenters. The summed E-state index contributed by atoms with van der Waals surface area (Å²) in [6.07, 6.45) is 4.44. The van der Waals surface area contributed by atoms with Crippen molar-refractivity contribution >= 4 is 5.91 Å². The van der Waals surface area contributed by atoms with Crippen molar-refractivity contribution in [3.8, 4) is 12.3 Å². The molecule has 0 heterocycles. The maximum atomic E-state index is 11.5. The lowest BCUT2D eigenvalue weighted by Gasteiger charge is -2.25. The quantitative estimate of drug-likeness (QED) is 0.552. The Kier molecular flexibility index (Phi) is 7.56.